The molecular formula is C15H11Cl3N2O2. The summed E-state index contributed by atoms with van der Waals surface area (Å²) >= 11 is 17.8. The lowest BCUT2D eigenvalue weighted by atomic mass is 10.2. The number of halogens is 3. The Balaban J connectivity index is 1.98. The van der Waals surface area contributed by atoms with Crippen LogP contribution in [0.4, 0.5) is 5.69 Å². The maximum Gasteiger partial charge on any atom is 0.313 e. The van der Waals surface area contributed by atoms with E-state index in [1.807, 2.05) is 0 Å². The molecule has 2 amide bonds. The molecule has 4 nitrogen and oxygen atoms in total. The zero-order chi connectivity index (χ0) is 16.1. The van der Waals surface area contributed by atoms with Gasteiger partial charge >= 0.3 is 11.8 Å². The van der Waals surface area contributed by atoms with Crippen molar-refractivity contribution in [2.75, 3.05) is 5.32 Å². The summed E-state index contributed by atoms with van der Waals surface area (Å²) < 4.78 is 0. The molecule has 0 unspecified atom stereocenters. The molecule has 2 N–H and O–H groups in total. The molecule has 0 saturated carbocycles. The van der Waals surface area contributed by atoms with E-state index >= 15 is 0 Å². The lowest BCUT2D eigenvalue weighted by molar-refractivity contribution is -0.136. The van der Waals surface area contributed by atoms with Crippen LogP contribution in [0.2, 0.25) is 15.1 Å². The molecule has 0 aromatic heterocycles. The molecule has 0 heterocycles. The molecule has 2 aromatic rings. The third kappa shape index (κ3) is 4.13. The lowest BCUT2D eigenvalue weighted by Crippen LogP contribution is -2.35. The van der Waals surface area contributed by atoms with Crippen molar-refractivity contribution in [3.05, 3.63) is 63.1 Å². The molecule has 0 atom stereocenters. The standard InChI is InChI=1S/C15H11Cl3N2O2/c16-10-5-2-1-4-9(10)8-19-14(21)15(22)20-13-11(17)6-3-7-12(13)18/h1-7H,8H2,(H,19,21)(H,20,22). The molecule has 0 radical (unpaired) electrons. The van der Waals surface area contributed by atoms with Gasteiger partial charge in [-0.1, -0.05) is 59.1 Å². The Kier molecular flexibility index (Phi) is 5.66. The van der Waals surface area contributed by atoms with Gasteiger partial charge in [-0.05, 0) is 23.8 Å². The fraction of sp³-hybridized carbons (Fsp3) is 0.0667. The largest absolute Gasteiger partial charge is 0.344 e. The zero-order valence-corrected chi connectivity index (χ0v) is 13.5. The van der Waals surface area contributed by atoms with Crippen LogP contribution in [0.15, 0.2) is 42.5 Å². The van der Waals surface area contributed by atoms with E-state index in [1.165, 1.54) is 0 Å². The zero-order valence-electron chi connectivity index (χ0n) is 11.2. The highest BCUT2D eigenvalue weighted by Crippen LogP contribution is 2.29. The molecular weight excluding hydrogens is 347 g/mol. The first kappa shape index (κ1) is 16.6. The minimum Gasteiger partial charge on any atom is -0.344 e. The van der Waals surface area contributed by atoms with Gasteiger partial charge in [0.15, 0.2) is 0 Å². The Morgan fingerprint density at radius 1 is 0.818 bits per heavy atom. The molecule has 0 bridgehead atoms. The van der Waals surface area contributed by atoms with Crippen LogP contribution < -0.4 is 10.6 Å². The average molecular weight is 358 g/mol. The first-order valence-electron chi connectivity index (χ1n) is 6.25. The van der Waals surface area contributed by atoms with Crippen molar-refractivity contribution in [1.82, 2.24) is 5.32 Å². The van der Waals surface area contributed by atoms with Gasteiger partial charge in [-0.2, -0.15) is 0 Å². The highest BCUT2D eigenvalue weighted by Gasteiger charge is 2.16. The van der Waals surface area contributed by atoms with E-state index in [4.69, 9.17) is 34.8 Å². The molecule has 0 saturated heterocycles. The quantitative estimate of drug-likeness (QED) is 0.819. The number of benzene rings is 2. The van der Waals surface area contributed by atoms with Gasteiger partial charge < -0.3 is 10.6 Å². The first-order chi connectivity index (χ1) is 10.5. The van der Waals surface area contributed by atoms with Crippen LogP contribution in [0.3, 0.4) is 0 Å². The molecule has 0 spiro atoms. The summed E-state index contributed by atoms with van der Waals surface area (Å²) in [6.45, 7) is 0.141. The molecule has 7 heteroatoms. The fourth-order valence-electron chi connectivity index (χ4n) is 1.69. The van der Waals surface area contributed by atoms with Gasteiger partial charge in [0.1, 0.15) is 0 Å². The van der Waals surface area contributed by atoms with E-state index in [0.717, 1.165) is 0 Å². The smallest absolute Gasteiger partial charge is 0.313 e. The molecule has 22 heavy (non-hydrogen) atoms. The summed E-state index contributed by atoms with van der Waals surface area (Å²) in [7, 11) is 0. The maximum atomic E-state index is 11.8. The van der Waals surface area contributed by atoms with E-state index in [9.17, 15) is 9.59 Å². The van der Waals surface area contributed by atoms with Crippen molar-refractivity contribution in [3.63, 3.8) is 0 Å². The Morgan fingerprint density at radius 3 is 2.05 bits per heavy atom. The van der Waals surface area contributed by atoms with Gasteiger partial charge in [0.25, 0.3) is 0 Å². The number of amides is 2. The number of hydrogen-bond donors (Lipinski definition) is 2. The van der Waals surface area contributed by atoms with Crippen molar-refractivity contribution in [2.24, 2.45) is 0 Å². The SMILES string of the molecule is O=C(NCc1ccccc1Cl)C(=O)Nc1c(Cl)cccc1Cl. The molecule has 0 aliphatic carbocycles. The minimum absolute atomic E-state index is 0.141. The fourth-order valence-corrected chi connectivity index (χ4v) is 2.38. The van der Waals surface area contributed by atoms with Gasteiger partial charge in [-0.25, -0.2) is 0 Å². The van der Waals surface area contributed by atoms with Crippen molar-refractivity contribution >= 4 is 52.3 Å². The number of carbonyl (C=O) groups excluding carboxylic acids is 2. The molecule has 2 aromatic carbocycles. The van der Waals surface area contributed by atoms with Crippen molar-refractivity contribution in [1.29, 1.82) is 0 Å². The number of para-hydroxylation sites is 1. The van der Waals surface area contributed by atoms with Crippen LogP contribution in [0, 0.1) is 0 Å². The van der Waals surface area contributed by atoms with Crippen LogP contribution in [-0.2, 0) is 16.1 Å². The van der Waals surface area contributed by atoms with Crippen LogP contribution in [0.1, 0.15) is 5.56 Å². The van der Waals surface area contributed by atoms with E-state index in [2.05, 4.69) is 10.6 Å². The highest BCUT2D eigenvalue weighted by atomic mass is 35.5. The Morgan fingerprint density at radius 2 is 1.41 bits per heavy atom. The predicted octanol–water partition coefficient (Wildman–Crippen LogP) is 3.90. The van der Waals surface area contributed by atoms with E-state index in [1.54, 1.807) is 42.5 Å². The summed E-state index contributed by atoms with van der Waals surface area (Å²) in [5.74, 6) is -1.67. The normalized spacial score (nSPS) is 10.1. The Hall–Kier alpha value is -1.75. The molecule has 0 fully saturated rings. The number of rotatable bonds is 3. The van der Waals surface area contributed by atoms with Gasteiger partial charge in [-0.3, -0.25) is 9.59 Å². The lowest BCUT2D eigenvalue weighted by Gasteiger charge is -2.10. The van der Waals surface area contributed by atoms with E-state index in [0.29, 0.717) is 10.6 Å². The number of carbonyl (C=O) groups is 2. The van der Waals surface area contributed by atoms with Gasteiger partial charge in [0.05, 0.1) is 15.7 Å². The number of nitrogens with one attached hydrogen (secondary N) is 2. The van der Waals surface area contributed by atoms with Crippen molar-refractivity contribution in [3.8, 4) is 0 Å². The second-order valence-electron chi connectivity index (χ2n) is 4.32. The minimum atomic E-state index is -0.859. The predicted molar refractivity (Wildman–Crippen MR) is 88.4 cm³/mol. The van der Waals surface area contributed by atoms with Gasteiger partial charge in [-0.15, -0.1) is 0 Å². The van der Waals surface area contributed by atoms with Gasteiger partial charge in [0.2, 0.25) is 0 Å². The van der Waals surface area contributed by atoms with Gasteiger partial charge in [0, 0.05) is 11.6 Å². The monoisotopic (exact) mass is 356 g/mol. The maximum absolute atomic E-state index is 11.8. The average Bonchev–Trinajstić information content (AvgIpc) is 2.49. The molecule has 114 valence electrons. The molecule has 2 rings (SSSR count). The van der Waals surface area contributed by atoms with Crippen LogP contribution >= 0.6 is 34.8 Å². The summed E-state index contributed by atoms with van der Waals surface area (Å²) in [4.78, 5) is 23.7. The third-order valence-electron chi connectivity index (χ3n) is 2.80. The second-order valence-corrected chi connectivity index (χ2v) is 5.55. The Bertz CT molecular complexity index is 699. The summed E-state index contributed by atoms with van der Waals surface area (Å²) in [5, 5.41) is 5.87. The van der Waals surface area contributed by atoms with E-state index < -0.39 is 11.8 Å². The van der Waals surface area contributed by atoms with Crippen molar-refractivity contribution in [2.45, 2.75) is 6.54 Å². The Labute approximate surface area is 142 Å². The first-order valence-corrected chi connectivity index (χ1v) is 7.39. The molecule has 0 aliphatic rings. The summed E-state index contributed by atoms with van der Waals surface area (Å²) in [5.41, 5.74) is 0.907. The van der Waals surface area contributed by atoms with Crippen LogP contribution in [0.25, 0.3) is 0 Å². The third-order valence-corrected chi connectivity index (χ3v) is 3.80. The number of hydrogen-bond acceptors (Lipinski definition) is 2. The second kappa shape index (κ2) is 7.49. The highest BCUT2D eigenvalue weighted by molar-refractivity contribution is 6.44. The topological polar surface area (TPSA) is 58.2 Å². The van der Waals surface area contributed by atoms with Crippen LogP contribution in [0.5, 0.6) is 0 Å². The van der Waals surface area contributed by atoms with Crippen molar-refractivity contribution < 1.29 is 9.59 Å². The van der Waals surface area contributed by atoms with Crippen LogP contribution in [-0.4, -0.2) is 11.8 Å². The number of anilines is 1. The molecule has 0 aliphatic heterocycles. The van der Waals surface area contributed by atoms with E-state index in [-0.39, 0.29) is 22.3 Å². The summed E-state index contributed by atoms with van der Waals surface area (Å²) in [6, 6.07) is 11.8. The summed E-state index contributed by atoms with van der Waals surface area (Å²) in [6.07, 6.45) is 0.